The van der Waals surface area contributed by atoms with Gasteiger partial charge in [0.25, 0.3) is 0 Å². The zero-order valence-electron chi connectivity index (χ0n) is 26.9. The van der Waals surface area contributed by atoms with Crippen molar-refractivity contribution in [3.8, 4) is 44.6 Å². The summed E-state index contributed by atoms with van der Waals surface area (Å²) in [5.41, 5.74) is 13.4. The highest BCUT2D eigenvalue weighted by atomic mass is 14.8. The molecule has 2 heteroatoms. The summed E-state index contributed by atoms with van der Waals surface area (Å²) in [7, 11) is 0. The highest BCUT2D eigenvalue weighted by Crippen LogP contribution is 2.45. The molecule has 226 valence electrons. The van der Waals surface area contributed by atoms with Crippen LogP contribution in [-0.4, -0.2) is 9.97 Å². The van der Waals surface area contributed by atoms with Gasteiger partial charge in [-0.2, -0.15) is 0 Å². The number of fused-ring (bicyclic) bond motifs is 5. The third-order valence-electron chi connectivity index (χ3n) is 9.77. The second-order valence-electron chi connectivity index (χ2n) is 12.7. The molecule has 0 atom stereocenters. The maximum atomic E-state index is 5.62. The molecule has 0 fully saturated rings. The van der Waals surface area contributed by atoms with Gasteiger partial charge >= 0.3 is 0 Å². The Labute approximate surface area is 280 Å². The Morgan fingerprint density at radius 3 is 1.75 bits per heavy atom. The van der Waals surface area contributed by atoms with Crippen molar-refractivity contribution >= 4 is 43.4 Å². The minimum absolute atomic E-state index is 0.910. The predicted molar refractivity (Wildman–Crippen MR) is 203 cm³/mol. The van der Waals surface area contributed by atoms with E-state index < -0.39 is 0 Å². The van der Waals surface area contributed by atoms with Crippen molar-refractivity contribution in [3.05, 3.63) is 169 Å². The first kappa shape index (κ1) is 28.1. The summed E-state index contributed by atoms with van der Waals surface area (Å²) in [5, 5.41) is 7.03. The molecule has 0 bridgehead atoms. The molecule has 0 saturated heterocycles. The van der Waals surface area contributed by atoms with Crippen molar-refractivity contribution in [2.45, 2.75) is 13.8 Å². The molecule has 0 unspecified atom stereocenters. The van der Waals surface area contributed by atoms with E-state index in [0.29, 0.717) is 0 Å². The van der Waals surface area contributed by atoms with Gasteiger partial charge in [-0.25, -0.2) is 4.98 Å². The van der Waals surface area contributed by atoms with E-state index >= 15 is 0 Å². The molecule has 0 aliphatic heterocycles. The van der Waals surface area contributed by atoms with Crippen LogP contribution in [0.25, 0.3) is 88.0 Å². The quantitative estimate of drug-likeness (QED) is 0.185. The van der Waals surface area contributed by atoms with Crippen LogP contribution < -0.4 is 0 Å². The van der Waals surface area contributed by atoms with Gasteiger partial charge in [0.1, 0.15) is 0 Å². The number of hydrogen-bond acceptors (Lipinski definition) is 2. The molecule has 0 aliphatic carbocycles. The topological polar surface area (TPSA) is 25.8 Å². The molecule has 2 aromatic heterocycles. The number of nitrogens with zero attached hydrogens (tertiary/aromatic N) is 2. The summed E-state index contributed by atoms with van der Waals surface area (Å²) in [6.45, 7) is 4.34. The molecule has 0 spiro atoms. The monoisotopic (exact) mass is 612 g/mol. The van der Waals surface area contributed by atoms with Gasteiger partial charge in [0, 0.05) is 33.7 Å². The third-order valence-corrected chi connectivity index (χ3v) is 9.77. The van der Waals surface area contributed by atoms with Gasteiger partial charge in [0.2, 0.25) is 0 Å². The standard InChI is InChI=1S/C46H32N2/c1-29-12-3-7-17-36(29)35-26-33-22-23-34-27-42(37-18-8-4-13-30(37)2)46(48-45(34)44(33)47-28-35)41-25-24-32-15-6-10-20-39(32)43(41)40-21-11-16-31-14-5-9-19-38(31)40/h3-28H,1-2H3. The van der Waals surface area contributed by atoms with Gasteiger partial charge in [0.15, 0.2) is 0 Å². The first-order valence-electron chi connectivity index (χ1n) is 16.5. The van der Waals surface area contributed by atoms with Crippen LogP contribution in [0, 0.1) is 13.8 Å². The number of aryl methyl sites for hydroxylation is 2. The van der Waals surface area contributed by atoms with Gasteiger partial charge < -0.3 is 0 Å². The highest BCUT2D eigenvalue weighted by Gasteiger charge is 2.21. The lowest BCUT2D eigenvalue weighted by atomic mass is 9.86. The van der Waals surface area contributed by atoms with Crippen LogP contribution in [0.3, 0.4) is 0 Å². The van der Waals surface area contributed by atoms with Crippen LogP contribution in [-0.2, 0) is 0 Å². The van der Waals surface area contributed by atoms with E-state index in [1.165, 1.54) is 54.9 Å². The molecule has 9 aromatic rings. The van der Waals surface area contributed by atoms with Crippen molar-refractivity contribution in [2.24, 2.45) is 0 Å². The number of pyridine rings is 2. The molecular weight excluding hydrogens is 581 g/mol. The fraction of sp³-hybridized carbons (Fsp3) is 0.0435. The van der Waals surface area contributed by atoms with E-state index in [4.69, 9.17) is 9.97 Å². The summed E-state index contributed by atoms with van der Waals surface area (Å²) < 4.78 is 0. The SMILES string of the molecule is Cc1ccccc1-c1cnc2c(ccc3cc(-c4ccccc4C)c(-c4ccc5ccccc5c4-c4cccc5ccccc45)nc32)c1. The zero-order valence-corrected chi connectivity index (χ0v) is 26.9. The van der Waals surface area contributed by atoms with E-state index in [9.17, 15) is 0 Å². The molecule has 0 N–H and O–H groups in total. The van der Waals surface area contributed by atoms with Crippen LogP contribution in [0.15, 0.2) is 158 Å². The smallest absolute Gasteiger partial charge is 0.0972 e. The molecule has 0 amide bonds. The lowest BCUT2D eigenvalue weighted by Crippen LogP contribution is -1.97. The molecule has 0 aliphatic rings. The summed E-state index contributed by atoms with van der Waals surface area (Å²) in [6.07, 6.45) is 2.00. The first-order valence-corrected chi connectivity index (χ1v) is 16.5. The van der Waals surface area contributed by atoms with E-state index in [1.54, 1.807) is 0 Å². The molecule has 48 heavy (non-hydrogen) atoms. The van der Waals surface area contributed by atoms with Crippen LogP contribution in [0.1, 0.15) is 11.1 Å². The van der Waals surface area contributed by atoms with Gasteiger partial charge in [-0.15, -0.1) is 0 Å². The molecule has 7 aromatic carbocycles. The van der Waals surface area contributed by atoms with Gasteiger partial charge in [0.05, 0.1) is 16.7 Å². The molecule has 2 heterocycles. The number of benzene rings is 7. The number of rotatable bonds is 4. The van der Waals surface area contributed by atoms with Gasteiger partial charge in [-0.1, -0.05) is 140 Å². The maximum Gasteiger partial charge on any atom is 0.0972 e. The average molecular weight is 613 g/mol. The Kier molecular flexibility index (Phi) is 6.62. The fourth-order valence-corrected chi connectivity index (χ4v) is 7.36. The van der Waals surface area contributed by atoms with E-state index in [-0.39, 0.29) is 0 Å². The summed E-state index contributed by atoms with van der Waals surface area (Å²) >= 11 is 0. The van der Waals surface area contributed by atoms with Crippen molar-refractivity contribution in [3.63, 3.8) is 0 Å². The van der Waals surface area contributed by atoms with Crippen molar-refractivity contribution in [1.29, 1.82) is 0 Å². The lowest BCUT2D eigenvalue weighted by molar-refractivity contribution is 1.35. The van der Waals surface area contributed by atoms with Crippen molar-refractivity contribution in [1.82, 2.24) is 9.97 Å². The molecule has 0 radical (unpaired) electrons. The second-order valence-corrected chi connectivity index (χ2v) is 12.7. The van der Waals surface area contributed by atoms with Crippen LogP contribution in [0.4, 0.5) is 0 Å². The highest BCUT2D eigenvalue weighted by molar-refractivity contribution is 6.13. The normalized spacial score (nSPS) is 11.5. The molecular formula is C46H32N2. The Balaban J connectivity index is 1.39. The first-order chi connectivity index (χ1) is 23.6. The molecule has 2 nitrogen and oxygen atoms in total. The zero-order chi connectivity index (χ0) is 32.2. The molecule has 9 rings (SSSR count). The average Bonchev–Trinajstić information content (AvgIpc) is 3.14. The number of hydrogen-bond donors (Lipinski definition) is 0. The van der Waals surface area contributed by atoms with Gasteiger partial charge in [-0.05, 0) is 80.9 Å². The Hall–Kier alpha value is -6.12. The fourth-order valence-electron chi connectivity index (χ4n) is 7.36. The van der Waals surface area contributed by atoms with E-state index in [0.717, 1.165) is 44.2 Å². The summed E-state index contributed by atoms with van der Waals surface area (Å²) in [4.78, 5) is 10.7. The van der Waals surface area contributed by atoms with E-state index in [1.807, 2.05) is 6.20 Å². The maximum absolute atomic E-state index is 5.62. The largest absolute Gasteiger partial charge is 0.253 e. The molecule has 0 saturated carbocycles. The predicted octanol–water partition coefficient (Wildman–Crippen LogP) is 12.4. The second kappa shape index (κ2) is 11.3. The number of aromatic nitrogens is 2. The van der Waals surface area contributed by atoms with Crippen molar-refractivity contribution in [2.75, 3.05) is 0 Å². The van der Waals surface area contributed by atoms with Crippen molar-refractivity contribution < 1.29 is 0 Å². The third kappa shape index (κ3) is 4.57. The van der Waals surface area contributed by atoms with E-state index in [2.05, 4.69) is 166 Å². The minimum Gasteiger partial charge on any atom is -0.253 e. The van der Waals surface area contributed by atoms with Crippen LogP contribution in [0.5, 0.6) is 0 Å². The summed E-state index contributed by atoms with van der Waals surface area (Å²) in [6, 6.07) is 54.6. The summed E-state index contributed by atoms with van der Waals surface area (Å²) in [5.74, 6) is 0. The minimum atomic E-state index is 0.910. The Morgan fingerprint density at radius 1 is 0.396 bits per heavy atom. The Morgan fingerprint density at radius 2 is 0.979 bits per heavy atom. The van der Waals surface area contributed by atoms with Gasteiger partial charge in [-0.3, -0.25) is 4.98 Å². The van der Waals surface area contributed by atoms with Crippen LogP contribution in [0.2, 0.25) is 0 Å². The van der Waals surface area contributed by atoms with Crippen LogP contribution >= 0.6 is 0 Å². The lowest BCUT2D eigenvalue weighted by Gasteiger charge is -2.19. The Bertz CT molecular complexity index is 2700.